The van der Waals surface area contributed by atoms with Gasteiger partial charge in [0.2, 0.25) is 0 Å². The minimum absolute atomic E-state index is 0.136. The average molecular weight is 342 g/mol. The summed E-state index contributed by atoms with van der Waals surface area (Å²) in [6, 6.07) is 6.29. The molecule has 1 heterocycles. The molecule has 6 heteroatoms. The summed E-state index contributed by atoms with van der Waals surface area (Å²) < 4.78 is 0.671. The SMILES string of the molecule is Cc1cc(O)ccc1NC(=O)c1cc(Br)cnc1Cl. The Balaban J connectivity index is 2.28. The number of amides is 1. The Kier molecular flexibility index (Phi) is 4.07. The smallest absolute Gasteiger partial charge is 0.258 e. The first-order chi connectivity index (χ1) is 8.97. The molecule has 0 aliphatic carbocycles. The minimum atomic E-state index is -0.354. The van der Waals surface area contributed by atoms with Crippen LogP contribution in [-0.4, -0.2) is 16.0 Å². The van der Waals surface area contributed by atoms with Crippen molar-refractivity contribution in [2.45, 2.75) is 6.92 Å². The first kappa shape index (κ1) is 13.8. The zero-order valence-corrected chi connectivity index (χ0v) is 12.3. The highest BCUT2D eigenvalue weighted by Crippen LogP contribution is 2.23. The van der Waals surface area contributed by atoms with E-state index in [9.17, 15) is 9.90 Å². The summed E-state index contributed by atoms with van der Waals surface area (Å²) in [5.41, 5.74) is 1.65. The van der Waals surface area contributed by atoms with E-state index in [0.717, 1.165) is 5.56 Å². The lowest BCUT2D eigenvalue weighted by atomic mass is 10.2. The van der Waals surface area contributed by atoms with E-state index in [1.807, 2.05) is 0 Å². The van der Waals surface area contributed by atoms with E-state index in [-0.39, 0.29) is 22.4 Å². The summed E-state index contributed by atoms with van der Waals surface area (Å²) in [4.78, 5) is 16.0. The second-order valence-corrected chi connectivity index (χ2v) is 5.22. The van der Waals surface area contributed by atoms with Gasteiger partial charge in [-0.2, -0.15) is 0 Å². The summed E-state index contributed by atoms with van der Waals surface area (Å²) in [5.74, 6) is -0.203. The Hall–Kier alpha value is -1.59. The van der Waals surface area contributed by atoms with Gasteiger partial charge in [-0.15, -0.1) is 0 Å². The van der Waals surface area contributed by atoms with Crippen molar-refractivity contribution in [3.05, 3.63) is 51.2 Å². The molecule has 0 fully saturated rings. The lowest BCUT2D eigenvalue weighted by molar-refractivity contribution is 0.102. The van der Waals surface area contributed by atoms with Gasteiger partial charge in [0.25, 0.3) is 5.91 Å². The van der Waals surface area contributed by atoms with Crippen LogP contribution < -0.4 is 5.32 Å². The van der Waals surface area contributed by atoms with Crippen molar-refractivity contribution < 1.29 is 9.90 Å². The average Bonchev–Trinajstić information content (AvgIpc) is 2.35. The lowest BCUT2D eigenvalue weighted by Crippen LogP contribution is -2.13. The first-order valence-corrected chi connectivity index (χ1v) is 6.56. The van der Waals surface area contributed by atoms with Crippen LogP contribution in [0.4, 0.5) is 5.69 Å². The maximum atomic E-state index is 12.1. The second-order valence-electron chi connectivity index (χ2n) is 3.95. The van der Waals surface area contributed by atoms with Crippen molar-refractivity contribution in [3.8, 4) is 5.75 Å². The summed E-state index contributed by atoms with van der Waals surface area (Å²) in [7, 11) is 0. The third-order valence-corrected chi connectivity index (χ3v) is 3.24. The van der Waals surface area contributed by atoms with Gasteiger partial charge in [0.1, 0.15) is 10.9 Å². The van der Waals surface area contributed by atoms with Crippen molar-refractivity contribution >= 4 is 39.1 Å². The number of aromatic nitrogens is 1. The van der Waals surface area contributed by atoms with Crippen LogP contribution in [-0.2, 0) is 0 Å². The number of pyridine rings is 1. The second kappa shape index (κ2) is 5.59. The van der Waals surface area contributed by atoms with Crippen molar-refractivity contribution in [1.82, 2.24) is 4.98 Å². The molecule has 4 nitrogen and oxygen atoms in total. The van der Waals surface area contributed by atoms with Crippen LogP contribution in [0.15, 0.2) is 34.9 Å². The number of aromatic hydroxyl groups is 1. The van der Waals surface area contributed by atoms with E-state index >= 15 is 0 Å². The topological polar surface area (TPSA) is 62.2 Å². The molecule has 2 aromatic rings. The van der Waals surface area contributed by atoms with Gasteiger partial charge in [-0.05, 0) is 52.7 Å². The van der Waals surface area contributed by atoms with Gasteiger partial charge < -0.3 is 10.4 Å². The van der Waals surface area contributed by atoms with Gasteiger partial charge in [-0.25, -0.2) is 4.98 Å². The van der Waals surface area contributed by atoms with E-state index < -0.39 is 0 Å². The number of hydrogen-bond acceptors (Lipinski definition) is 3. The van der Waals surface area contributed by atoms with Crippen molar-refractivity contribution in [1.29, 1.82) is 0 Å². The van der Waals surface area contributed by atoms with Gasteiger partial charge in [0.15, 0.2) is 0 Å². The Morgan fingerprint density at radius 3 is 2.84 bits per heavy atom. The predicted molar refractivity (Wildman–Crippen MR) is 77.7 cm³/mol. The number of carbonyl (C=O) groups is 1. The van der Waals surface area contributed by atoms with Crippen LogP contribution in [0.3, 0.4) is 0 Å². The van der Waals surface area contributed by atoms with Crippen molar-refractivity contribution in [2.24, 2.45) is 0 Å². The van der Waals surface area contributed by atoms with Gasteiger partial charge >= 0.3 is 0 Å². The Morgan fingerprint density at radius 1 is 1.42 bits per heavy atom. The lowest BCUT2D eigenvalue weighted by Gasteiger charge is -2.09. The number of nitrogens with zero attached hydrogens (tertiary/aromatic N) is 1. The largest absolute Gasteiger partial charge is 0.508 e. The third-order valence-electron chi connectivity index (χ3n) is 2.51. The maximum Gasteiger partial charge on any atom is 0.258 e. The molecule has 0 saturated heterocycles. The molecule has 0 radical (unpaired) electrons. The summed E-state index contributed by atoms with van der Waals surface area (Å²) >= 11 is 9.13. The van der Waals surface area contributed by atoms with Gasteiger partial charge in [-0.3, -0.25) is 4.79 Å². The molecule has 0 spiro atoms. The summed E-state index contributed by atoms with van der Waals surface area (Å²) in [6.45, 7) is 1.79. The highest BCUT2D eigenvalue weighted by atomic mass is 79.9. The first-order valence-electron chi connectivity index (χ1n) is 5.39. The molecular weight excluding hydrogens is 332 g/mol. The summed E-state index contributed by atoms with van der Waals surface area (Å²) in [6.07, 6.45) is 1.52. The van der Waals surface area contributed by atoms with Crippen LogP contribution in [0.5, 0.6) is 5.75 Å². The Labute approximate surface area is 123 Å². The molecule has 98 valence electrons. The molecule has 1 amide bonds. The Bertz CT molecular complexity index is 647. The number of rotatable bonds is 2. The highest BCUT2D eigenvalue weighted by Gasteiger charge is 2.13. The number of carbonyl (C=O) groups excluding carboxylic acids is 1. The van der Waals surface area contributed by atoms with E-state index in [1.165, 1.54) is 12.3 Å². The normalized spacial score (nSPS) is 10.3. The van der Waals surface area contributed by atoms with Crippen LogP contribution in [0.25, 0.3) is 0 Å². The molecule has 2 N–H and O–H groups in total. The number of aryl methyl sites for hydroxylation is 1. The fourth-order valence-corrected chi connectivity index (χ4v) is 2.08. The minimum Gasteiger partial charge on any atom is -0.508 e. The van der Waals surface area contributed by atoms with Gasteiger partial charge in [-0.1, -0.05) is 11.6 Å². The fourth-order valence-electron chi connectivity index (χ4n) is 1.56. The molecule has 19 heavy (non-hydrogen) atoms. The van der Waals surface area contributed by atoms with Crippen LogP contribution in [0, 0.1) is 6.92 Å². The van der Waals surface area contributed by atoms with E-state index in [0.29, 0.717) is 10.2 Å². The maximum absolute atomic E-state index is 12.1. The standard InChI is InChI=1S/C13H10BrClN2O2/c1-7-4-9(18)2-3-11(7)17-13(19)10-5-8(14)6-16-12(10)15/h2-6,18H,1H3,(H,17,19). The van der Waals surface area contributed by atoms with Crippen molar-refractivity contribution in [3.63, 3.8) is 0 Å². The molecule has 2 rings (SSSR count). The molecule has 0 unspecified atom stereocenters. The number of benzene rings is 1. The molecule has 0 atom stereocenters. The number of halogens is 2. The number of phenolic OH excluding ortho intramolecular Hbond substituents is 1. The molecule has 0 bridgehead atoms. The number of hydrogen-bond donors (Lipinski definition) is 2. The highest BCUT2D eigenvalue weighted by molar-refractivity contribution is 9.10. The van der Waals surface area contributed by atoms with E-state index in [4.69, 9.17) is 11.6 Å². The predicted octanol–water partition coefficient (Wildman–Crippen LogP) is 3.76. The Morgan fingerprint density at radius 2 is 2.16 bits per heavy atom. The quantitative estimate of drug-likeness (QED) is 0.646. The van der Waals surface area contributed by atoms with E-state index in [2.05, 4.69) is 26.2 Å². The van der Waals surface area contributed by atoms with Crippen molar-refractivity contribution in [2.75, 3.05) is 5.32 Å². The molecule has 0 aliphatic heterocycles. The van der Waals surface area contributed by atoms with E-state index in [1.54, 1.807) is 25.1 Å². The number of phenols is 1. The van der Waals surface area contributed by atoms with Gasteiger partial charge in [0.05, 0.1) is 5.56 Å². The number of anilines is 1. The van der Waals surface area contributed by atoms with Crippen LogP contribution in [0.2, 0.25) is 5.15 Å². The fraction of sp³-hybridized carbons (Fsp3) is 0.0769. The molecule has 0 saturated carbocycles. The van der Waals surface area contributed by atoms with Gasteiger partial charge in [0, 0.05) is 16.4 Å². The molecule has 1 aromatic carbocycles. The summed E-state index contributed by atoms with van der Waals surface area (Å²) in [5, 5.41) is 12.2. The molecule has 0 aliphatic rings. The zero-order valence-electron chi connectivity index (χ0n) is 9.95. The third kappa shape index (κ3) is 3.24. The molecule has 1 aromatic heterocycles. The number of nitrogens with one attached hydrogen (secondary N) is 1. The molecular formula is C13H10BrClN2O2. The van der Waals surface area contributed by atoms with Crippen LogP contribution in [0.1, 0.15) is 15.9 Å². The van der Waals surface area contributed by atoms with Crippen LogP contribution >= 0.6 is 27.5 Å². The monoisotopic (exact) mass is 340 g/mol. The zero-order chi connectivity index (χ0) is 14.0.